The lowest BCUT2D eigenvalue weighted by molar-refractivity contribution is 0.130. The largest absolute Gasteiger partial charge is 0.496 e. The summed E-state index contributed by atoms with van der Waals surface area (Å²) >= 11 is 12.6. The number of carbonyl (C=O) groups is 1. The minimum atomic E-state index is -0.876. The molecule has 1 aromatic carbocycles. The molecule has 146 valence electrons. The van der Waals surface area contributed by atoms with E-state index in [9.17, 15) is 9.90 Å². The van der Waals surface area contributed by atoms with Gasteiger partial charge in [0.15, 0.2) is 0 Å². The topological polar surface area (TPSA) is 67.1 Å². The number of likely N-dealkylation sites (tertiary alicyclic amines) is 1. The van der Waals surface area contributed by atoms with Crippen LogP contribution in [-0.4, -0.2) is 45.7 Å². The summed E-state index contributed by atoms with van der Waals surface area (Å²) in [7, 11) is 1.59. The maximum atomic E-state index is 11.3. The first-order valence-corrected chi connectivity index (χ1v) is 9.72. The van der Waals surface area contributed by atoms with Crippen molar-refractivity contribution in [2.75, 3.05) is 20.2 Å². The molecule has 0 spiro atoms. The van der Waals surface area contributed by atoms with Crippen LogP contribution in [-0.2, 0) is 0 Å². The van der Waals surface area contributed by atoms with Crippen molar-refractivity contribution < 1.29 is 14.6 Å². The van der Waals surface area contributed by atoms with Crippen LogP contribution in [0.2, 0.25) is 10.0 Å². The number of ether oxygens (including phenoxy) is 1. The quantitative estimate of drug-likeness (QED) is 0.635. The Balaban J connectivity index is 1.72. The van der Waals surface area contributed by atoms with Crippen molar-refractivity contribution in [1.82, 2.24) is 14.3 Å². The van der Waals surface area contributed by atoms with Gasteiger partial charge in [-0.1, -0.05) is 23.2 Å². The number of methoxy groups -OCH3 is 1. The summed E-state index contributed by atoms with van der Waals surface area (Å²) in [5, 5.41) is 10.2. The average molecular weight is 420 g/mol. The summed E-state index contributed by atoms with van der Waals surface area (Å²) in [5.41, 5.74) is 3.23. The number of halogens is 2. The lowest BCUT2D eigenvalue weighted by atomic mass is 9.95. The molecule has 1 fully saturated rings. The number of rotatable bonds is 3. The van der Waals surface area contributed by atoms with Crippen molar-refractivity contribution in [1.29, 1.82) is 0 Å². The maximum absolute atomic E-state index is 11.3. The molecule has 2 aromatic heterocycles. The summed E-state index contributed by atoms with van der Waals surface area (Å²) in [4.78, 5) is 17.5. The van der Waals surface area contributed by atoms with Gasteiger partial charge >= 0.3 is 6.09 Å². The predicted molar refractivity (Wildman–Crippen MR) is 109 cm³/mol. The summed E-state index contributed by atoms with van der Waals surface area (Å²) in [6.45, 7) is 1.05. The maximum Gasteiger partial charge on any atom is 0.407 e. The van der Waals surface area contributed by atoms with Gasteiger partial charge in [0.25, 0.3) is 0 Å². The smallest absolute Gasteiger partial charge is 0.407 e. The van der Waals surface area contributed by atoms with Gasteiger partial charge in [0, 0.05) is 37.0 Å². The number of pyridine rings is 1. The van der Waals surface area contributed by atoms with Gasteiger partial charge < -0.3 is 19.1 Å². The SMILES string of the molecule is COc1ccc(Cl)c(Cl)c1-c1ccn2cc(C3CCCN(C(=O)O)C3)nc2c1. The zero-order valence-electron chi connectivity index (χ0n) is 15.2. The van der Waals surface area contributed by atoms with Gasteiger partial charge in [-0.3, -0.25) is 0 Å². The lowest BCUT2D eigenvalue weighted by Crippen LogP contribution is -2.38. The second-order valence-electron chi connectivity index (χ2n) is 6.85. The van der Waals surface area contributed by atoms with Gasteiger partial charge in [0.05, 0.1) is 22.8 Å². The number of amides is 1. The van der Waals surface area contributed by atoms with Gasteiger partial charge in [0.2, 0.25) is 0 Å². The van der Waals surface area contributed by atoms with Crippen molar-refractivity contribution in [3.63, 3.8) is 0 Å². The van der Waals surface area contributed by atoms with Crippen LogP contribution in [0.25, 0.3) is 16.8 Å². The minimum absolute atomic E-state index is 0.0949. The monoisotopic (exact) mass is 419 g/mol. The molecule has 1 atom stereocenters. The Kier molecular flexibility index (Phi) is 5.08. The molecular formula is C20H19Cl2N3O3. The van der Waals surface area contributed by atoms with E-state index in [0.29, 0.717) is 28.9 Å². The van der Waals surface area contributed by atoms with Gasteiger partial charge in [-0.2, -0.15) is 0 Å². The van der Waals surface area contributed by atoms with Crippen LogP contribution in [0.15, 0.2) is 36.7 Å². The fraction of sp³-hybridized carbons (Fsp3) is 0.300. The average Bonchev–Trinajstić information content (AvgIpc) is 3.13. The zero-order valence-corrected chi connectivity index (χ0v) is 16.7. The zero-order chi connectivity index (χ0) is 19.8. The van der Waals surface area contributed by atoms with E-state index in [1.54, 1.807) is 19.2 Å². The highest BCUT2D eigenvalue weighted by molar-refractivity contribution is 6.44. The van der Waals surface area contributed by atoms with Crippen molar-refractivity contribution in [2.45, 2.75) is 18.8 Å². The third kappa shape index (κ3) is 3.38. The Bertz CT molecular complexity index is 1050. The Labute approximate surface area is 172 Å². The number of benzene rings is 1. The highest BCUT2D eigenvalue weighted by Crippen LogP contribution is 2.41. The number of carboxylic acid groups (broad SMARTS) is 1. The van der Waals surface area contributed by atoms with Crippen LogP contribution in [0.4, 0.5) is 4.79 Å². The van der Waals surface area contributed by atoms with Gasteiger partial charge in [-0.15, -0.1) is 0 Å². The van der Waals surface area contributed by atoms with Crippen LogP contribution < -0.4 is 4.74 Å². The molecule has 1 saturated heterocycles. The Morgan fingerprint density at radius 2 is 2.14 bits per heavy atom. The van der Waals surface area contributed by atoms with E-state index in [-0.39, 0.29) is 5.92 Å². The first-order chi connectivity index (χ1) is 13.5. The number of nitrogens with zero attached hydrogens (tertiary/aromatic N) is 3. The van der Waals surface area contributed by atoms with Crippen molar-refractivity contribution in [3.05, 3.63) is 52.4 Å². The molecule has 8 heteroatoms. The third-order valence-electron chi connectivity index (χ3n) is 5.15. The van der Waals surface area contributed by atoms with Crippen molar-refractivity contribution >= 4 is 34.9 Å². The molecule has 28 heavy (non-hydrogen) atoms. The van der Waals surface area contributed by atoms with Crippen molar-refractivity contribution in [3.8, 4) is 16.9 Å². The molecule has 0 radical (unpaired) electrons. The molecule has 3 heterocycles. The van der Waals surface area contributed by atoms with E-state index in [4.69, 9.17) is 32.9 Å². The molecule has 6 nitrogen and oxygen atoms in total. The number of hydrogen-bond acceptors (Lipinski definition) is 3. The second kappa shape index (κ2) is 7.53. The Hall–Kier alpha value is -2.44. The number of fused-ring (bicyclic) bond motifs is 1. The van der Waals surface area contributed by atoms with Gasteiger partial charge in [-0.05, 0) is 42.7 Å². The number of imidazole rings is 1. The highest BCUT2D eigenvalue weighted by atomic mass is 35.5. The molecule has 0 aliphatic carbocycles. The fourth-order valence-corrected chi connectivity index (χ4v) is 4.14. The van der Waals surface area contributed by atoms with E-state index < -0.39 is 6.09 Å². The molecule has 0 bridgehead atoms. The summed E-state index contributed by atoms with van der Waals surface area (Å²) < 4.78 is 7.38. The first kappa shape index (κ1) is 18.9. The molecule has 3 aromatic rings. The Morgan fingerprint density at radius 3 is 2.89 bits per heavy atom. The molecule has 1 N–H and O–H groups in total. The van der Waals surface area contributed by atoms with E-state index in [2.05, 4.69) is 0 Å². The van der Waals surface area contributed by atoms with E-state index in [1.807, 2.05) is 28.9 Å². The lowest BCUT2D eigenvalue weighted by Gasteiger charge is -2.29. The molecule has 0 saturated carbocycles. The third-order valence-corrected chi connectivity index (χ3v) is 5.96. The number of aromatic nitrogens is 2. The standard InChI is InChI=1S/C20H19Cl2N3O3/c1-28-16-5-4-14(21)19(22)18(16)12-6-8-24-11-15(23-17(24)9-12)13-3-2-7-25(10-13)20(26)27/h4-6,8-9,11,13H,2-3,7,10H2,1H3,(H,26,27). The normalized spacial score (nSPS) is 17.1. The van der Waals surface area contributed by atoms with Crippen LogP contribution in [0.1, 0.15) is 24.5 Å². The van der Waals surface area contributed by atoms with Crippen LogP contribution >= 0.6 is 23.2 Å². The van der Waals surface area contributed by atoms with Gasteiger partial charge in [-0.25, -0.2) is 9.78 Å². The molecule has 4 rings (SSSR count). The predicted octanol–water partition coefficient (Wildman–Crippen LogP) is 5.17. The second-order valence-corrected chi connectivity index (χ2v) is 7.64. The first-order valence-electron chi connectivity index (χ1n) is 8.97. The summed E-state index contributed by atoms with van der Waals surface area (Å²) in [6, 6.07) is 7.35. The fourth-order valence-electron chi connectivity index (χ4n) is 3.72. The minimum Gasteiger partial charge on any atom is -0.496 e. The van der Waals surface area contributed by atoms with E-state index in [1.165, 1.54) is 4.90 Å². The molecular weight excluding hydrogens is 401 g/mol. The number of piperidine rings is 1. The molecule has 1 aliphatic rings. The summed E-state index contributed by atoms with van der Waals surface area (Å²) in [6.07, 6.45) is 4.76. The molecule has 1 aliphatic heterocycles. The summed E-state index contributed by atoms with van der Waals surface area (Å²) in [5.74, 6) is 0.729. The van der Waals surface area contributed by atoms with E-state index >= 15 is 0 Å². The number of hydrogen-bond donors (Lipinski definition) is 1. The van der Waals surface area contributed by atoms with Crippen molar-refractivity contribution in [2.24, 2.45) is 0 Å². The Morgan fingerprint density at radius 1 is 1.32 bits per heavy atom. The molecule has 1 unspecified atom stereocenters. The van der Waals surface area contributed by atoms with Gasteiger partial charge in [0.1, 0.15) is 11.4 Å². The highest BCUT2D eigenvalue weighted by Gasteiger charge is 2.26. The van der Waals surface area contributed by atoms with E-state index in [0.717, 1.165) is 35.3 Å². The van der Waals surface area contributed by atoms with Crippen LogP contribution in [0, 0.1) is 0 Å². The molecule has 1 amide bonds. The van der Waals surface area contributed by atoms with Crippen LogP contribution in [0.5, 0.6) is 5.75 Å². The van der Waals surface area contributed by atoms with Crippen LogP contribution in [0.3, 0.4) is 0 Å².